The van der Waals surface area contributed by atoms with Crippen molar-refractivity contribution in [2.75, 3.05) is 26.2 Å². The molecule has 8 aliphatic rings. The molecule has 0 radical (unpaired) electrons. The van der Waals surface area contributed by atoms with Crippen molar-refractivity contribution < 1.29 is 35.7 Å². The number of aliphatic hydroxyl groups excluding tert-OH is 1. The molecule has 98 heavy (non-hydrogen) atoms. The molecule has 0 bridgehead atoms. The van der Waals surface area contributed by atoms with Crippen molar-refractivity contribution in [1.82, 2.24) is 21.3 Å². The standard InChI is InChI=1S/C20H24O.C14H21NO.C14H20O.C11H21NO.C11H23NO.C9H19NO.C8H16O/c1-20(17-11-4-2-5-12-17,18-13-6-3-7-14-18)15-19(21)16-9-8-10-16;1-11-5-7-12(8-6-11)10-14(2,16)13-4-3-9-15-13;1-14(15,13-9-5-6-10-13)11-12-7-3-2-4-8-12;1-11(13,9-5-2-3-6-9)10-7-4-8-12-10;1-8(2)11(13,9(3)4)10-6-5-7-12-10;1-3-9(11,4-2)8-6-5-7-10-8;1-8(2,9)7-5-3-4-6-7/h2-7,11-14,16,19,21H,8-10,15H2,1H3;5-8,13,15-16H,3-4,9-10H2,1-2H3;2-4,7-8,13,15H,5-6,9-11H2,1H3;9-10,12-13H,2-8H2,1H3;8-10,12-13H,5-7H2,1-4H3;8,10-11H,3-7H2,1-2H3;7,9H,3-6H2,1-2H3/t19-;13-,14+;14-;10-,11+;10-;8-;/m101000./s1. The Bertz CT molecular complexity index is 2650. The van der Waals surface area contributed by atoms with Gasteiger partial charge in [0.25, 0.3) is 0 Å². The van der Waals surface area contributed by atoms with E-state index in [0.717, 1.165) is 84.0 Å². The maximum atomic E-state index is 10.6. The Labute approximate surface area is 597 Å². The van der Waals surface area contributed by atoms with Crippen molar-refractivity contribution in [3.63, 3.8) is 0 Å². The van der Waals surface area contributed by atoms with Crippen LogP contribution in [0.15, 0.2) is 115 Å². The zero-order valence-electron chi connectivity index (χ0n) is 64.1. The molecule has 11 N–H and O–H groups in total. The third kappa shape index (κ3) is 24.8. The maximum Gasteiger partial charge on any atom is 0.0845 e. The van der Waals surface area contributed by atoms with Crippen LogP contribution in [0.4, 0.5) is 0 Å². The van der Waals surface area contributed by atoms with E-state index in [2.05, 4.69) is 174 Å². The minimum atomic E-state index is -0.633. The van der Waals surface area contributed by atoms with Gasteiger partial charge in [0.1, 0.15) is 0 Å². The van der Waals surface area contributed by atoms with E-state index >= 15 is 0 Å². The second-order valence-corrected chi connectivity index (χ2v) is 33.5. The first-order valence-corrected chi connectivity index (χ1v) is 39.7. The van der Waals surface area contributed by atoms with Gasteiger partial charge in [0, 0.05) is 42.4 Å². The summed E-state index contributed by atoms with van der Waals surface area (Å²) in [6.07, 6.45) is 31.9. The van der Waals surface area contributed by atoms with Crippen LogP contribution in [0.3, 0.4) is 0 Å². The van der Waals surface area contributed by atoms with Gasteiger partial charge in [-0.2, -0.15) is 0 Å². The molecule has 554 valence electrons. The van der Waals surface area contributed by atoms with Crippen molar-refractivity contribution in [1.29, 1.82) is 0 Å². The van der Waals surface area contributed by atoms with Gasteiger partial charge in [-0.25, -0.2) is 0 Å². The SMILES string of the molecule is CC(C)(O)C1CCCC1.CC(C)C(O)(C(C)C)[C@@H]1CCCN1.CC(C[C@@H](O)C1CCC1)(c1ccccc1)c1ccccc1.CCC(O)(CC)[C@@H]1CCCN1.C[C@@](O)(C1CCCC1)[C@@H]1CCCN1.C[C@@](O)(Cc1ccccc1)C1CCCC1.Cc1ccc(C[C@@](C)(O)[C@@H]2CCCN2)cc1. The Morgan fingerprint density at radius 1 is 0.398 bits per heavy atom. The van der Waals surface area contributed by atoms with Crippen molar-refractivity contribution >= 4 is 0 Å². The lowest BCUT2D eigenvalue weighted by molar-refractivity contribution is -0.0729. The highest BCUT2D eigenvalue weighted by molar-refractivity contribution is 5.38. The molecule has 4 heterocycles. The Kier molecular flexibility index (Phi) is 34.0. The number of nitrogens with one attached hydrogen (secondary N) is 4. The van der Waals surface area contributed by atoms with E-state index in [-0.39, 0.29) is 17.6 Å². The molecule has 4 aromatic rings. The summed E-state index contributed by atoms with van der Waals surface area (Å²) in [5.41, 5.74) is 3.17. The molecule has 0 unspecified atom stereocenters. The first-order valence-electron chi connectivity index (χ1n) is 39.7. The molecule has 4 aromatic carbocycles. The molecule has 4 aliphatic heterocycles. The van der Waals surface area contributed by atoms with Gasteiger partial charge in [0.05, 0.1) is 39.7 Å². The molecule has 0 amide bonds. The normalized spacial score (nSPS) is 23.9. The second-order valence-electron chi connectivity index (χ2n) is 33.5. The number of hydrogen-bond acceptors (Lipinski definition) is 11. The minimum Gasteiger partial charge on any atom is -0.393 e. The first-order chi connectivity index (χ1) is 46.5. The summed E-state index contributed by atoms with van der Waals surface area (Å²) in [5, 5.41) is 85.8. The van der Waals surface area contributed by atoms with Gasteiger partial charge >= 0.3 is 0 Å². The quantitative estimate of drug-likeness (QED) is 0.0404. The zero-order valence-corrected chi connectivity index (χ0v) is 64.1. The average Bonchev–Trinajstić information content (AvgIpc) is 1.04. The van der Waals surface area contributed by atoms with Crippen molar-refractivity contribution in [2.45, 2.75) is 339 Å². The van der Waals surface area contributed by atoms with Gasteiger partial charge in [-0.3, -0.25) is 0 Å². The lowest BCUT2D eigenvalue weighted by Gasteiger charge is -2.41. The van der Waals surface area contributed by atoms with E-state index < -0.39 is 33.6 Å². The summed E-state index contributed by atoms with van der Waals surface area (Å²) in [6, 6.07) is 41.2. The molecule has 11 nitrogen and oxygen atoms in total. The third-order valence-electron chi connectivity index (χ3n) is 25.0. The molecule has 11 heteroatoms. The van der Waals surface area contributed by atoms with Gasteiger partial charge < -0.3 is 57.0 Å². The number of hydrogen-bond donors (Lipinski definition) is 11. The van der Waals surface area contributed by atoms with Crippen LogP contribution in [0, 0.1) is 42.4 Å². The summed E-state index contributed by atoms with van der Waals surface area (Å²) in [5.74, 6) is 2.75. The lowest BCUT2D eigenvalue weighted by atomic mass is 9.68. The van der Waals surface area contributed by atoms with Crippen LogP contribution in [0.5, 0.6) is 0 Å². The Morgan fingerprint density at radius 3 is 1.15 bits per heavy atom. The summed E-state index contributed by atoms with van der Waals surface area (Å²) in [4.78, 5) is 0. The van der Waals surface area contributed by atoms with E-state index in [9.17, 15) is 35.7 Å². The predicted molar refractivity (Wildman–Crippen MR) is 411 cm³/mol. The highest BCUT2D eigenvalue weighted by Crippen LogP contribution is 2.43. The fourth-order valence-electron chi connectivity index (χ4n) is 17.6. The van der Waals surface area contributed by atoms with Gasteiger partial charge in [-0.05, 0) is 247 Å². The fourth-order valence-corrected chi connectivity index (χ4v) is 17.6. The molecular weight excluding hydrogens is 1210 g/mol. The maximum absolute atomic E-state index is 10.6. The monoisotopic (exact) mass is 1360 g/mol. The Hall–Kier alpha value is -3.56. The fraction of sp³-hybridized carbons (Fsp3) is 0.724. The van der Waals surface area contributed by atoms with Crippen molar-refractivity contribution in [3.05, 3.63) is 143 Å². The van der Waals surface area contributed by atoms with Crippen LogP contribution in [0.2, 0.25) is 0 Å². The number of benzene rings is 4. The molecule has 8 fully saturated rings. The van der Waals surface area contributed by atoms with Crippen LogP contribution >= 0.6 is 0 Å². The summed E-state index contributed by atoms with van der Waals surface area (Å²) in [7, 11) is 0. The highest BCUT2D eigenvalue weighted by Gasteiger charge is 2.45. The van der Waals surface area contributed by atoms with Gasteiger partial charge in [0.2, 0.25) is 0 Å². The summed E-state index contributed by atoms with van der Waals surface area (Å²) < 4.78 is 0. The smallest absolute Gasteiger partial charge is 0.0845 e. The van der Waals surface area contributed by atoms with Crippen LogP contribution in [0.1, 0.15) is 278 Å². The molecule has 4 aliphatic carbocycles. The molecule has 12 rings (SSSR count). The number of aryl methyl sites for hydroxylation is 1. The van der Waals surface area contributed by atoms with E-state index in [1.165, 1.54) is 150 Å². The molecule has 0 spiro atoms. The van der Waals surface area contributed by atoms with Gasteiger partial charge in [-0.1, -0.05) is 214 Å². The van der Waals surface area contributed by atoms with E-state index in [0.29, 0.717) is 53.6 Å². The number of rotatable bonds is 20. The predicted octanol–water partition coefficient (Wildman–Crippen LogP) is 16.5. The van der Waals surface area contributed by atoms with Crippen molar-refractivity contribution in [3.8, 4) is 0 Å². The third-order valence-corrected chi connectivity index (χ3v) is 25.0. The summed E-state index contributed by atoms with van der Waals surface area (Å²) >= 11 is 0. The van der Waals surface area contributed by atoms with Crippen LogP contribution in [-0.2, 0) is 18.3 Å². The Morgan fingerprint density at radius 2 is 0.776 bits per heavy atom. The molecule has 4 saturated carbocycles. The first kappa shape index (κ1) is 83.4. The molecule has 4 saturated heterocycles. The molecule has 0 aromatic heterocycles. The molecular formula is C87H144N4O7. The largest absolute Gasteiger partial charge is 0.393 e. The lowest BCUT2D eigenvalue weighted by Crippen LogP contribution is -2.55. The average molecular weight is 1360 g/mol. The van der Waals surface area contributed by atoms with Crippen LogP contribution in [-0.4, -0.2) is 126 Å². The van der Waals surface area contributed by atoms with Crippen LogP contribution in [0.25, 0.3) is 0 Å². The van der Waals surface area contributed by atoms with Gasteiger partial charge in [0.15, 0.2) is 0 Å². The second kappa shape index (κ2) is 39.9. The topological polar surface area (TPSA) is 190 Å². The molecule has 8 atom stereocenters. The zero-order chi connectivity index (χ0) is 71.6. The van der Waals surface area contributed by atoms with E-state index in [1.807, 2.05) is 52.8 Å². The Balaban J connectivity index is 0.000000183. The van der Waals surface area contributed by atoms with Gasteiger partial charge in [-0.15, -0.1) is 0 Å². The van der Waals surface area contributed by atoms with E-state index in [1.54, 1.807) is 0 Å². The minimum absolute atomic E-state index is 0.127. The highest BCUT2D eigenvalue weighted by atomic mass is 16.3. The van der Waals surface area contributed by atoms with Crippen molar-refractivity contribution in [2.24, 2.45) is 35.5 Å². The van der Waals surface area contributed by atoms with E-state index in [4.69, 9.17) is 0 Å². The summed E-state index contributed by atoms with van der Waals surface area (Å²) in [6.45, 7) is 31.0. The van der Waals surface area contributed by atoms with Crippen LogP contribution < -0.4 is 21.3 Å². The number of aliphatic hydroxyl groups is 7.